The molecule has 5 aromatic rings. The number of aryl methyl sites for hydroxylation is 2. The molecule has 0 amide bonds. The van der Waals surface area contributed by atoms with Crippen LogP contribution in [0.5, 0.6) is 0 Å². The zero-order valence-corrected chi connectivity index (χ0v) is 23.8. The van der Waals surface area contributed by atoms with Gasteiger partial charge in [0.05, 0.1) is 39.6 Å². The van der Waals surface area contributed by atoms with Gasteiger partial charge in [-0.25, -0.2) is 4.68 Å². The number of pyridine rings is 1. The number of hydrogen-bond donors (Lipinski definition) is 1. The molecule has 0 unspecified atom stereocenters. The Labute approximate surface area is 240 Å². The van der Waals surface area contributed by atoms with Crippen LogP contribution in [-0.2, 0) is 17.4 Å². The zero-order chi connectivity index (χ0) is 27.7. The summed E-state index contributed by atoms with van der Waals surface area (Å²) < 4.78 is 10.2. The standard InChI is InChI=1S/C34H37N5O2/c1-21-32(38(2)37-36-21)24-18-30-31(35-20-24)28-13-12-27(34(40,25-8-9-25)26-10-11-26)19-29(28)39(30)33(22-6-4-3-5-7-22)23-14-16-41-17-15-23/h3-7,12-13,18-20,23,25-26,33,40H,8-11,14-17H2,1-2H3/t33-/m1/s1. The van der Waals surface area contributed by atoms with E-state index in [1.54, 1.807) is 0 Å². The Bertz CT molecular complexity index is 1710. The van der Waals surface area contributed by atoms with Crippen molar-refractivity contribution >= 4 is 21.9 Å². The number of ether oxygens (including phenoxy) is 1. The molecule has 7 heteroatoms. The number of aromatic nitrogens is 5. The van der Waals surface area contributed by atoms with Crippen molar-refractivity contribution in [1.29, 1.82) is 0 Å². The Hall–Kier alpha value is -3.55. The molecule has 2 saturated carbocycles. The van der Waals surface area contributed by atoms with Gasteiger partial charge in [0.2, 0.25) is 0 Å². The van der Waals surface area contributed by atoms with Crippen molar-refractivity contribution in [3.8, 4) is 11.3 Å². The summed E-state index contributed by atoms with van der Waals surface area (Å²) >= 11 is 0. The van der Waals surface area contributed by atoms with E-state index in [2.05, 4.69) is 69.5 Å². The van der Waals surface area contributed by atoms with Crippen molar-refractivity contribution in [2.75, 3.05) is 13.2 Å². The van der Waals surface area contributed by atoms with Gasteiger partial charge in [-0.15, -0.1) is 5.10 Å². The van der Waals surface area contributed by atoms with Gasteiger partial charge in [-0.1, -0.05) is 47.7 Å². The van der Waals surface area contributed by atoms with Crippen LogP contribution < -0.4 is 0 Å². The first-order valence-electron chi connectivity index (χ1n) is 15.2. The van der Waals surface area contributed by atoms with Crippen LogP contribution in [0.1, 0.15) is 61.4 Å². The number of aliphatic hydroxyl groups is 1. The second-order valence-corrected chi connectivity index (χ2v) is 12.5. The maximum absolute atomic E-state index is 12.2. The lowest BCUT2D eigenvalue weighted by molar-refractivity contribution is -0.0101. The quantitative estimate of drug-likeness (QED) is 0.258. The van der Waals surface area contributed by atoms with E-state index in [0.717, 1.165) is 96.2 Å². The first-order valence-corrected chi connectivity index (χ1v) is 15.2. The molecule has 1 atom stereocenters. The molecule has 1 aliphatic heterocycles. The molecule has 8 rings (SSSR count). The topological polar surface area (TPSA) is 78.0 Å². The van der Waals surface area contributed by atoms with E-state index in [1.807, 2.05) is 24.9 Å². The molecule has 210 valence electrons. The molecule has 2 aliphatic carbocycles. The second-order valence-electron chi connectivity index (χ2n) is 12.5. The van der Waals surface area contributed by atoms with Gasteiger partial charge in [0.1, 0.15) is 0 Å². The van der Waals surface area contributed by atoms with Crippen molar-refractivity contribution < 1.29 is 9.84 Å². The average Bonchev–Trinajstić information content (AvgIpc) is 3.94. The fraction of sp³-hybridized carbons (Fsp3) is 0.441. The summed E-state index contributed by atoms with van der Waals surface area (Å²) in [5, 5.41) is 21.9. The molecule has 2 aromatic carbocycles. The molecule has 41 heavy (non-hydrogen) atoms. The van der Waals surface area contributed by atoms with E-state index in [-0.39, 0.29) is 6.04 Å². The van der Waals surface area contributed by atoms with Crippen LogP contribution in [0.15, 0.2) is 60.8 Å². The first kappa shape index (κ1) is 25.2. The van der Waals surface area contributed by atoms with Crippen LogP contribution in [0.2, 0.25) is 0 Å². The lowest BCUT2D eigenvalue weighted by Crippen LogP contribution is -2.31. The highest BCUT2D eigenvalue weighted by atomic mass is 16.5. The van der Waals surface area contributed by atoms with E-state index in [4.69, 9.17) is 9.72 Å². The summed E-state index contributed by atoms with van der Waals surface area (Å²) in [4.78, 5) is 5.10. The van der Waals surface area contributed by atoms with E-state index in [0.29, 0.717) is 17.8 Å². The van der Waals surface area contributed by atoms with Crippen molar-refractivity contribution in [2.45, 2.75) is 57.1 Å². The number of fused-ring (bicyclic) bond motifs is 3. The summed E-state index contributed by atoms with van der Waals surface area (Å²) in [6.07, 6.45) is 8.44. The minimum atomic E-state index is -0.730. The molecule has 0 spiro atoms. The Morgan fingerprint density at radius 2 is 1.66 bits per heavy atom. The lowest BCUT2D eigenvalue weighted by atomic mass is 9.83. The predicted molar refractivity (Wildman–Crippen MR) is 159 cm³/mol. The molecular formula is C34H37N5O2. The molecular weight excluding hydrogens is 510 g/mol. The van der Waals surface area contributed by atoms with Gasteiger partial charge in [0, 0.05) is 37.4 Å². The fourth-order valence-electron chi connectivity index (χ4n) is 7.61. The fourth-order valence-corrected chi connectivity index (χ4v) is 7.61. The highest BCUT2D eigenvalue weighted by Gasteiger charge is 2.54. The van der Waals surface area contributed by atoms with Crippen molar-refractivity contribution in [3.63, 3.8) is 0 Å². The summed E-state index contributed by atoms with van der Waals surface area (Å²) in [7, 11) is 1.94. The van der Waals surface area contributed by atoms with Crippen molar-refractivity contribution in [3.05, 3.63) is 77.6 Å². The molecule has 1 saturated heterocycles. The van der Waals surface area contributed by atoms with Crippen LogP contribution in [0.25, 0.3) is 33.2 Å². The van der Waals surface area contributed by atoms with E-state index in [1.165, 1.54) is 5.56 Å². The third kappa shape index (κ3) is 4.04. The van der Waals surface area contributed by atoms with Crippen molar-refractivity contribution in [1.82, 2.24) is 24.5 Å². The van der Waals surface area contributed by atoms with E-state index >= 15 is 0 Å². The molecule has 7 nitrogen and oxygen atoms in total. The highest BCUT2D eigenvalue weighted by Crippen LogP contribution is 2.58. The third-order valence-electron chi connectivity index (χ3n) is 9.90. The van der Waals surface area contributed by atoms with Crippen molar-refractivity contribution in [2.24, 2.45) is 24.8 Å². The Kier molecular flexibility index (Phi) is 5.83. The molecule has 4 heterocycles. The summed E-state index contributed by atoms with van der Waals surface area (Å²) in [6, 6.07) is 20.0. The van der Waals surface area contributed by atoms with E-state index in [9.17, 15) is 5.11 Å². The molecule has 1 N–H and O–H groups in total. The summed E-state index contributed by atoms with van der Waals surface area (Å²) in [6.45, 7) is 3.56. The number of nitrogens with zero attached hydrogens (tertiary/aromatic N) is 5. The minimum absolute atomic E-state index is 0.119. The molecule has 3 aromatic heterocycles. The lowest BCUT2D eigenvalue weighted by Gasteiger charge is -2.33. The number of hydrogen-bond acceptors (Lipinski definition) is 5. The maximum Gasteiger partial charge on any atom is 0.0960 e. The number of benzene rings is 2. The Balaban J connectivity index is 1.42. The van der Waals surface area contributed by atoms with Crippen LogP contribution >= 0.6 is 0 Å². The number of rotatable bonds is 7. The van der Waals surface area contributed by atoms with Gasteiger partial charge in [-0.3, -0.25) is 4.98 Å². The van der Waals surface area contributed by atoms with Gasteiger partial charge < -0.3 is 14.4 Å². The van der Waals surface area contributed by atoms with Gasteiger partial charge in [0.15, 0.2) is 0 Å². The molecule has 0 bridgehead atoms. The third-order valence-corrected chi connectivity index (χ3v) is 9.90. The minimum Gasteiger partial charge on any atom is -0.385 e. The predicted octanol–water partition coefficient (Wildman–Crippen LogP) is 6.32. The Morgan fingerprint density at radius 1 is 0.927 bits per heavy atom. The van der Waals surface area contributed by atoms with Gasteiger partial charge in [-0.05, 0) is 86.5 Å². The Morgan fingerprint density at radius 3 is 2.32 bits per heavy atom. The molecule has 0 radical (unpaired) electrons. The zero-order valence-electron chi connectivity index (χ0n) is 23.8. The smallest absolute Gasteiger partial charge is 0.0960 e. The SMILES string of the molecule is Cc1nnn(C)c1-c1cnc2c3ccc(C(O)(C4CC4)C4CC4)cc3n([C@H](c3ccccc3)C3CCOCC3)c2c1. The van der Waals surface area contributed by atoms with Gasteiger partial charge in [-0.2, -0.15) is 0 Å². The van der Waals surface area contributed by atoms with Gasteiger partial charge in [0.25, 0.3) is 0 Å². The van der Waals surface area contributed by atoms with Crippen LogP contribution in [0.3, 0.4) is 0 Å². The maximum atomic E-state index is 12.2. The summed E-state index contributed by atoms with van der Waals surface area (Å²) in [5.41, 5.74) is 7.79. The largest absolute Gasteiger partial charge is 0.385 e. The second kappa shape index (κ2) is 9.50. The first-order chi connectivity index (χ1) is 20.0. The van der Waals surface area contributed by atoms with E-state index < -0.39 is 5.60 Å². The summed E-state index contributed by atoms with van der Waals surface area (Å²) in [5.74, 6) is 1.16. The van der Waals surface area contributed by atoms with Crippen LogP contribution in [0, 0.1) is 24.7 Å². The van der Waals surface area contributed by atoms with Crippen LogP contribution in [-0.4, -0.2) is 42.9 Å². The highest BCUT2D eigenvalue weighted by molar-refractivity contribution is 6.07. The van der Waals surface area contributed by atoms with Crippen LogP contribution in [0.4, 0.5) is 0 Å². The average molecular weight is 548 g/mol. The van der Waals surface area contributed by atoms with Gasteiger partial charge >= 0.3 is 0 Å². The normalized spacial score (nSPS) is 19.3. The monoisotopic (exact) mass is 547 g/mol. The molecule has 3 fully saturated rings. The molecule has 3 aliphatic rings.